The van der Waals surface area contributed by atoms with E-state index in [0.717, 1.165) is 16.8 Å². The van der Waals surface area contributed by atoms with Gasteiger partial charge in [0.05, 0.1) is 18.8 Å². The number of primary amides is 1. The molecule has 0 bridgehead atoms. The molecule has 3 aromatic carbocycles. The minimum atomic E-state index is -0.365. The normalized spacial score (nSPS) is 11.1. The van der Waals surface area contributed by atoms with Crippen LogP contribution in [0.5, 0.6) is 0 Å². The summed E-state index contributed by atoms with van der Waals surface area (Å²) < 4.78 is 14.6. The molecule has 0 unspecified atom stereocenters. The number of rotatable bonds is 4. The molecule has 0 aliphatic rings. The molecule has 8 heteroatoms. The predicted octanol–water partition coefficient (Wildman–Crippen LogP) is 5.12. The monoisotopic (exact) mass is 458 g/mol. The molecule has 0 spiro atoms. The molecule has 162 valence electrons. The van der Waals surface area contributed by atoms with Crippen LogP contribution in [0.3, 0.4) is 0 Å². The third-order valence-corrected chi connectivity index (χ3v) is 5.39. The highest BCUT2D eigenvalue weighted by Crippen LogP contribution is 2.34. The predicted molar refractivity (Wildman–Crippen MR) is 127 cm³/mol. The van der Waals surface area contributed by atoms with Crippen LogP contribution in [0.25, 0.3) is 33.1 Å². The molecule has 0 aliphatic carbocycles. The Balaban J connectivity index is 1.60. The topological polar surface area (TPSA) is 84.4 Å². The second kappa shape index (κ2) is 8.54. The molecule has 0 saturated heterocycles. The number of halogens is 2. The van der Waals surface area contributed by atoms with E-state index in [-0.39, 0.29) is 11.7 Å². The first-order chi connectivity index (χ1) is 16.0. The summed E-state index contributed by atoms with van der Waals surface area (Å²) >= 11 is 6.26. The third-order valence-electron chi connectivity index (χ3n) is 5.16. The minimum absolute atomic E-state index is 0.0113. The molecule has 0 radical (unpaired) electrons. The van der Waals surface area contributed by atoms with Crippen LogP contribution in [0.15, 0.2) is 72.9 Å². The van der Waals surface area contributed by atoms with Gasteiger partial charge in [-0.1, -0.05) is 29.8 Å². The van der Waals surface area contributed by atoms with Crippen LogP contribution in [0.2, 0.25) is 5.02 Å². The van der Waals surface area contributed by atoms with Crippen molar-refractivity contribution >= 4 is 56.6 Å². The van der Waals surface area contributed by atoms with Crippen LogP contribution in [0, 0.1) is 5.82 Å². The molecule has 0 atom stereocenters. The van der Waals surface area contributed by atoms with E-state index in [4.69, 9.17) is 11.6 Å². The zero-order chi connectivity index (χ0) is 22.9. The fraction of sp³-hybridized carbons (Fsp3) is 0.0400. The van der Waals surface area contributed by atoms with E-state index in [1.54, 1.807) is 41.8 Å². The molecule has 2 heterocycles. The number of nitrogens with one attached hydrogen (secondary N) is 1. The van der Waals surface area contributed by atoms with Crippen LogP contribution < -0.4 is 10.6 Å². The van der Waals surface area contributed by atoms with E-state index in [1.807, 2.05) is 30.3 Å². The second-order valence-electron chi connectivity index (χ2n) is 7.56. The van der Waals surface area contributed by atoms with Crippen LogP contribution in [0.4, 0.5) is 21.7 Å². The number of carbonyl (C=O) groups is 1. The zero-order valence-electron chi connectivity index (χ0n) is 17.5. The molecule has 3 N–H and O–H groups in total. The van der Waals surface area contributed by atoms with E-state index in [1.165, 1.54) is 13.0 Å². The highest BCUT2D eigenvalue weighted by Gasteiger charge is 2.15. The van der Waals surface area contributed by atoms with Gasteiger partial charge in [0.2, 0.25) is 5.95 Å². The van der Waals surface area contributed by atoms with Crippen molar-refractivity contribution in [3.8, 4) is 11.3 Å². The number of carbonyl (C=O) groups excluding carboxylic acids is 1. The van der Waals surface area contributed by atoms with Gasteiger partial charge in [0, 0.05) is 39.2 Å². The molecular weight excluding hydrogens is 441 g/mol. The van der Waals surface area contributed by atoms with Crippen molar-refractivity contribution in [1.29, 1.82) is 0 Å². The summed E-state index contributed by atoms with van der Waals surface area (Å²) in [6.45, 7) is 1.51. The first-order valence-electron chi connectivity index (χ1n) is 10.2. The van der Waals surface area contributed by atoms with Crippen molar-refractivity contribution in [3.63, 3.8) is 0 Å². The van der Waals surface area contributed by atoms with Crippen LogP contribution in [-0.4, -0.2) is 20.9 Å². The minimum Gasteiger partial charge on any atom is -0.324 e. The number of benzene rings is 3. The summed E-state index contributed by atoms with van der Waals surface area (Å²) in [6.07, 6.45) is 1.61. The molecule has 5 aromatic rings. The van der Waals surface area contributed by atoms with E-state index in [2.05, 4.69) is 20.3 Å². The number of anilines is 2. The number of quaternary nitrogens is 1. The van der Waals surface area contributed by atoms with Crippen molar-refractivity contribution in [2.24, 2.45) is 0 Å². The lowest BCUT2D eigenvalue weighted by molar-refractivity contribution is -0.481. The Kier molecular flexibility index (Phi) is 5.42. The Bertz CT molecular complexity index is 1520. The number of hydrogen-bond donors (Lipinski definition) is 2. The lowest BCUT2D eigenvalue weighted by atomic mass is 10.0. The molecule has 0 aliphatic heterocycles. The van der Waals surface area contributed by atoms with E-state index >= 15 is 0 Å². The highest BCUT2D eigenvalue weighted by atomic mass is 35.5. The first-order valence-corrected chi connectivity index (χ1v) is 10.6. The van der Waals surface area contributed by atoms with Gasteiger partial charge in [0.15, 0.2) is 0 Å². The maximum Gasteiger partial charge on any atom is 0.312 e. The lowest BCUT2D eigenvalue weighted by Gasteiger charge is -2.12. The standard InChI is InChI=1S/C25H17ClFN5O/c1-14(33)29-16-7-9-17(10-8-16)30-25-28-13-22-24(32-25)18-11-6-15(26)12-20(18)23(31-22)19-4-2-3-5-21(19)27/h2-13H,1H3,(H,29,33)(H,28,30,32)/p+1. The van der Waals surface area contributed by atoms with Gasteiger partial charge in [-0.05, 0) is 36.4 Å². The highest BCUT2D eigenvalue weighted by molar-refractivity contribution is 6.31. The molecule has 0 saturated carbocycles. The molecule has 6 nitrogen and oxygen atoms in total. The number of hydrogen-bond acceptors (Lipinski definition) is 5. The van der Waals surface area contributed by atoms with Gasteiger partial charge < -0.3 is 5.32 Å². The number of amides is 1. The quantitative estimate of drug-likeness (QED) is 0.288. The first kappa shape index (κ1) is 20.9. The van der Waals surface area contributed by atoms with Crippen molar-refractivity contribution in [3.05, 3.63) is 83.8 Å². The summed E-state index contributed by atoms with van der Waals surface area (Å²) in [4.78, 5) is 25.0. The number of nitrogens with two attached hydrogens (primary N) is 1. The molecule has 33 heavy (non-hydrogen) atoms. The summed E-state index contributed by atoms with van der Waals surface area (Å²) in [5.41, 5.74) is 3.63. The zero-order valence-corrected chi connectivity index (χ0v) is 18.3. The molecular formula is C25H18ClFN5O+. The van der Waals surface area contributed by atoms with Crippen LogP contribution in [-0.2, 0) is 4.79 Å². The third kappa shape index (κ3) is 4.24. The molecule has 2 aromatic heterocycles. The number of pyridine rings is 1. The van der Waals surface area contributed by atoms with Gasteiger partial charge in [-0.3, -0.25) is 5.32 Å². The van der Waals surface area contributed by atoms with E-state index in [0.29, 0.717) is 38.6 Å². The average molecular weight is 459 g/mol. The van der Waals surface area contributed by atoms with Crippen LogP contribution >= 0.6 is 11.6 Å². The molecule has 5 rings (SSSR count). The van der Waals surface area contributed by atoms with E-state index in [9.17, 15) is 9.18 Å². The SMILES string of the molecule is CC(=O)[NH2+]c1ccc(Nc2ncc3nc(-c4ccccc4F)c4cc(Cl)ccc4c3n2)cc1. The number of aromatic nitrogens is 3. The Morgan fingerprint density at radius 3 is 2.55 bits per heavy atom. The fourth-order valence-electron chi connectivity index (χ4n) is 3.70. The Hall–Kier alpha value is -3.94. The van der Waals surface area contributed by atoms with Gasteiger partial charge in [-0.2, -0.15) is 0 Å². The number of fused-ring (bicyclic) bond motifs is 3. The smallest absolute Gasteiger partial charge is 0.312 e. The van der Waals surface area contributed by atoms with Gasteiger partial charge in [0.25, 0.3) is 0 Å². The second-order valence-corrected chi connectivity index (χ2v) is 8.00. The maximum absolute atomic E-state index is 14.6. The van der Waals surface area contributed by atoms with Gasteiger partial charge in [-0.25, -0.2) is 24.1 Å². The largest absolute Gasteiger partial charge is 0.324 e. The number of nitrogens with zero attached hydrogens (tertiary/aromatic N) is 3. The summed E-state index contributed by atoms with van der Waals surface area (Å²) in [7, 11) is 0. The Morgan fingerprint density at radius 2 is 1.79 bits per heavy atom. The fourth-order valence-corrected chi connectivity index (χ4v) is 3.87. The Morgan fingerprint density at radius 1 is 1.00 bits per heavy atom. The van der Waals surface area contributed by atoms with Crippen molar-refractivity contribution < 1.29 is 14.5 Å². The van der Waals surface area contributed by atoms with Gasteiger partial charge in [-0.15, -0.1) is 0 Å². The van der Waals surface area contributed by atoms with Gasteiger partial charge in [0.1, 0.15) is 22.5 Å². The van der Waals surface area contributed by atoms with Crippen molar-refractivity contribution in [1.82, 2.24) is 15.0 Å². The maximum atomic E-state index is 14.6. The summed E-state index contributed by atoms with van der Waals surface area (Å²) in [6, 6.07) is 19.3. The summed E-state index contributed by atoms with van der Waals surface area (Å²) in [5.74, 6) is 0.0144. The van der Waals surface area contributed by atoms with E-state index < -0.39 is 0 Å². The lowest BCUT2D eigenvalue weighted by Crippen LogP contribution is -2.81. The van der Waals surface area contributed by atoms with Crippen molar-refractivity contribution in [2.75, 3.05) is 5.32 Å². The van der Waals surface area contributed by atoms with Crippen molar-refractivity contribution in [2.45, 2.75) is 6.92 Å². The summed E-state index contributed by atoms with van der Waals surface area (Å²) in [5, 5.41) is 6.75. The molecule has 0 fully saturated rings. The van der Waals surface area contributed by atoms with Crippen LogP contribution in [0.1, 0.15) is 6.92 Å². The average Bonchev–Trinajstić information content (AvgIpc) is 2.80. The van der Waals surface area contributed by atoms with Gasteiger partial charge >= 0.3 is 5.91 Å². The molecule has 1 amide bonds. The Labute approximate surface area is 193 Å².